The molecule has 2 aromatic heterocycles. The fourth-order valence-corrected chi connectivity index (χ4v) is 4.65. The number of fused-ring (bicyclic) bond motifs is 1. The summed E-state index contributed by atoms with van der Waals surface area (Å²) in [7, 11) is -4.70. The maximum Gasteiger partial charge on any atom is 0.404 e. The van der Waals surface area contributed by atoms with Crippen LogP contribution in [0.5, 0.6) is 5.75 Å². The Morgan fingerprint density at radius 2 is 1.88 bits per heavy atom. The van der Waals surface area contributed by atoms with Gasteiger partial charge in [-0.3, -0.25) is 9.71 Å². The zero-order chi connectivity index (χ0) is 23.6. The number of hydrogen-bond acceptors (Lipinski definition) is 6. The smallest absolute Gasteiger partial charge is 0.404 e. The van der Waals surface area contributed by atoms with Crippen molar-refractivity contribution < 1.29 is 31.4 Å². The second-order valence-electron chi connectivity index (χ2n) is 7.67. The highest BCUT2D eigenvalue weighted by Crippen LogP contribution is 2.40. The first kappa shape index (κ1) is 23.0. The first-order chi connectivity index (χ1) is 15.6. The van der Waals surface area contributed by atoms with Crippen molar-refractivity contribution in [1.29, 1.82) is 0 Å². The van der Waals surface area contributed by atoms with E-state index in [1.165, 1.54) is 18.3 Å². The molecule has 0 aliphatic carbocycles. The molecule has 0 bridgehead atoms. The number of nitrogens with one attached hydrogen (secondary N) is 1. The molecule has 1 aliphatic heterocycles. The van der Waals surface area contributed by atoms with Gasteiger partial charge in [-0.2, -0.15) is 13.2 Å². The van der Waals surface area contributed by atoms with Gasteiger partial charge in [0.05, 0.1) is 12.7 Å². The van der Waals surface area contributed by atoms with E-state index in [0.29, 0.717) is 23.3 Å². The Balaban J connectivity index is 1.58. The summed E-state index contributed by atoms with van der Waals surface area (Å²) in [5.41, 5.74) is 2.15. The number of aliphatic hydroxyl groups excluding tert-OH is 1. The zero-order valence-electron chi connectivity index (χ0n) is 17.2. The van der Waals surface area contributed by atoms with E-state index in [-0.39, 0.29) is 23.9 Å². The average Bonchev–Trinajstić information content (AvgIpc) is 2.75. The number of alkyl halides is 3. The number of ether oxygens (including phenoxy) is 1. The lowest BCUT2D eigenvalue weighted by Crippen LogP contribution is -2.28. The molecule has 3 aromatic rings. The van der Waals surface area contributed by atoms with Crippen LogP contribution in [0.4, 0.5) is 19.0 Å². The van der Waals surface area contributed by atoms with Crippen LogP contribution in [-0.2, 0) is 16.4 Å². The third-order valence-electron chi connectivity index (χ3n) is 5.15. The van der Waals surface area contributed by atoms with Gasteiger partial charge in [0, 0.05) is 35.1 Å². The molecule has 1 aliphatic rings. The summed E-state index contributed by atoms with van der Waals surface area (Å²) in [6, 6.07) is 13.5. The molecule has 4 rings (SSSR count). The quantitative estimate of drug-likeness (QED) is 0.559. The van der Waals surface area contributed by atoms with Gasteiger partial charge in [-0.05, 0) is 42.3 Å². The van der Waals surface area contributed by atoms with E-state index in [9.17, 15) is 26.7 Å². The second kappa shape index (κ2) is 8.99. The van der Waals surface area contributed by atoms with E-state index in [1.54, 1.807) is 24.4 Å². The summed E-state index contributed by atoms with van der Waals surface area (Å²) in [4.78, 5) is 8.18. The van der Waals surface area contributed by atoms with Gasteiger partial charge in [-0.1, -0.05) is 18.2 Å². The Hall–Kier alpha value is -3.18. The van der Waals surface area contributed by atoms with Crippen molar-refractivity contribution in [2.45, 2.75) is 18.7 Å². The van der Waals surface area contributed by atoms with E-state index >= 15 is 0 Å². The van der Waals surface area contributed by atoms with Crippen LogP contribution in [0, 0.1) is 5.92 Å². The van der Waals surface area contributed by atoms with Crippen LogP contribution >= 0.6 is 0 Å². The van der Waals surface area contributed by atoms with Crippen LogP contribution in [0.15, 0.2) is 60.9 Å². The van der Waals surface area contributed by atoms with Crippen LogP contribution in [0.1, 0.15) is 17.4 Å². The average molecular weight is 479 g/mol. The topological polar surface area (TPSA) is 101 Å². The molecule has 11 heteroatoms. The van der Waals surface area contributed by atoms with Gasteiger partial charge >= 0.3 is 6.18 Å². The Labute approximate surface area is 188 Å². The van der Waals surface area contributed by atoms with Gasteiger partial charge in [0.2, 0.25) is 10.0 Å². The predicted molar refractivity (Wildman–Crippen MR) is 115 cm³/mol. The van der Waals surface area contributed by atoms with Gasteiger partial charge in [0.15, 0.2) is 5.75 Å². The minimum atomic E-state index is -4.89. The SMILES string of the molecule is O=S(=O)(CC(F)(F)F)Nc1ncccc1-c1ccc2c(c1)OCC(Cc1ccccn1)C2O. The van der Waals surface area contributed by atoms with Crippen molar-refractivity contribution in [2.24, 2.45) is 5.92 Å². The molecule has 2 atom stereocenters. The van der Waals surface area contributed by atoms with Crippen LogP contribution in [0.2, 0.25) is 0 Å². The van der Waals surface area contributed by atoms with Crippen LogP contribution in [-0.4, -0.2) is 42.0 Å². The minimum absolute atomic E-state index is 0.207. The molecule has 33 heavy (non-hydrogen) atoms. The Morgan fingerprint density at radius 3 is 2.61 bits per heavy atom. The summed E-state index contributed by atoms with van der Waals surface area (Å²) in [6.07, 6.45) is -2.21. The van der Waals surface area contributed by atoms with Crippen molar-refractivity contribution in [3.63, 3.8) is 0 Å². The van der Waals surface area contributed by atoms with Crippen molar-refractivity contribution >= 4 is 15.8 Å². The zero-order valence-corrected chi connectivity index (χ0v) is 18.0. The molecule has 0 saturated heterocycles. The van der Waals surface area contributed by atoms with Crippen molar-refractivity contribution in [1.82, 2.24) is 9.97 Å². The number of pyridine rings is 2. The third kappa shape index (κ3) is 5.60. The van der Waals surface area contributed by atoms with E-state index in [1.807, 2.05) is 22.9 Å². The summed E-state index contributed by atoms with van der Waals surface area (Å²) in [6.45, 7) is 0.242. The van der Waals surface area contributed by atoms with Gasteiger partial charge in [-0.25, -0.2) is 13.4 Å². The molecule has 0 saturated carbocycles. The molecule has 0 fully saturated rings. The van der Waals surface area contributed by atoms with Crippen molar-refractivity contribution in [3.8, 4) is 16.9 Å². The number of nitrogens with zero attached hydrogens (tertiary/aromatic N) is 2. The number of aliphatic hydroxyl groups is 1. The van der Waals surface area contributed by atoms with Crippen molar-refractivity contribution in [3.05, 3.63) is 72.2 Å². The second-order valence-corrected chi connectivity index (χ2v) is 9.39. The van der Waals surface area contributed by atoms with Crippen LogP contribution in [0.25, 0.3) is 11.1 Å². The maximum atomic E-state index is 12.6. The lowest BCUT2D eigenvalue weighted by Gasteiger charge is -2.30. The van der Waals surface area contributed by atoms with E-state index in [2.05, 4.69) is 9.97 Å². The number of rotatable bonds is 6. The molecular formula is C22H20F3N3O4S. The molecule has 0 radical (unpaired) electrons. The molecule has 2 unspecified atom stereocenters. The summed E-state index contributed by atoms with van der Waals surface area (Å²) in [5, 5.41) is 10.8. The highest BCUT2D eigenvalue weighted by Gasteiger charge is 2.36. The molecule has 7 nitrogen and oxygen atoms in total. The van der Waals surface area contributed by atoms with Gasteiger partial charge in [0.1, 0.15) is 11.6 Å². The Kier molecular flexibility index (Phi) is 6.26. The molecule has 2 N–H and O–H groups in total. The number of hydrogen-bond donors (Lipinski definition) is 2. The number of anilines is 1. The molecular weight excluding hydrogens is 459 g/mol. The third-order valence-corrected chi connectivity index (χ3v) is 6.37. The highest BCUT2D eigenvalue weighted by molar-refractivity contribution is 7.92. The number of sulfonamides is 1. The first-order valence-electron chi connectivity index (χ1n) is 9.99. The van der Waals surface area contributed by atoms with Crippen LogP contribution in [0.3, 0.4) is 0 Å². The summed E-state index contributed by atoms with van der Waals surface area (Å²) in [5.74, 6) is -2.05. The molecule has 0 spiro atoms. The monoisotopic (exact) mass is 479 g/mol. The maximum absolute atomic E-state index is 12.6. The van der Waals surface area contributed by atoms with Gasteiger partial charge in [0.25, 0.3) is 0 Å². The van der Waals surface area contributed by atoms with Crippen LogP contribution < -0.4 is 9.46 Å². The first-order valence-corrected chi connectivity index (χ1v) is 11.6. The minimum Gasteiger partial charge on any atom is -0.493 e. The lowest BCUT2D eigenvalue weighted by atomic mass is 9.88. The lowest BCUT2D eigenvalue weighted by molar-refractivity contribution is -0.106. The Morgan fingerprint density at radius 1 is 1.09 bits per heavy atom. The van der Waals surface area contributed by atoms with Gasteiger partial charge < -0.3 is 9.84 Å². The fourth-order valence-electron chi connectivity index (χ4n) is 3.69. The normalized spacial score (nSPS) is 18.3. The number of aromatic nitrogens is 2. The largest absolute Gasteiger partial charge is 0.493 e. The standard InChI is InChI=1S/C22H20F3N3O4S/c23-22(24,25)13-33(30,31)28-21-17(5-3-9-27-21)14-6-7-18-19(11-14)32-12-15(20(18)29)10-16-4-1-2-8-26-16/h1-9,11,15,20,29H,10,12-13H2,(H,27,28). The van der Waals surface area contributed by atoms with Crippen molar-refractivity contribution in [2.75, 3.05) is 17.1 Å². The highest BCUT2D eigenvalue weighted by atomic mass is 32.2. The molecule has 0 amide bonds. The Bertz CT molecular complexity index is 1240. The van der Waals surface area contributed by atoms with E-state index in [4.69, 9.17) is 4.74 Å². The fraction of sp³-hybridized carbons (Fsp3) is 0.273. The summed E-state index contributed by atoms with van der Waals surface area (Å²) >= 11 is 0. The predicted octanol–water partition coefficient (Wildman–Crippen LogP) is 3.73. The number of halogens is 3. The molecule has 3 heterocycles. The van der Waals surface area contributed by atoms with Gasteiger partial charge in [-0.15, -0.1) is 0 Å². The molecule has 1 aromatic carbocycles. The van der Waals surface area contributed by atoms with E-state index in [0.717, 1.165) is 5.69 Å². The summed E-state index contributed by atoms with van der Waals surface area (Å²) < 4.78 is 69.4. The molecule has 174 valence electrons. The number of benzene rings is 1. The van der Waals surface area contributed by atoms with E-state index < -0.39 is 28.1 Å².